The highest BCUT2D eigenvalue weighted by Gasteiger charge is 2.23. The number of hydrogen-bond donors (Lipinski definition) is 1. The lowest BCUT2D eigenvalue weighted by Gasteiger charge is -2.18. The number of ether oxygens (including phenoxy) is 1. The normalized spacial score (nSPS) is 11.0. The number of carbonyl (C=O) groups is 2. The van der Waals surface area contributed by atoms with Crippen LogP contribution in [-0.4, -0.2) is 51.8 Å². The lowest BCUT2D eigenvalue weighted by Crippen LogP contribution is -2.29. The van der Waals surface area contributed by atoms with Crippen LogP contribution in [0.5, 0.6) is 0 Å². The fourth-order valence-electron chi connectivity index (χ4n) is 2.69. The van der Waals surface area contributed by atoms with Gasteiger partial charge in [-0.25, -0.2) is 12.7 Å². The van der Waals surface area contributed by atoms with E-state index in [-0.39, 0.29) is 24.5 Å². The Morgan fingerprint density at radius 2 is 1.69 bits per heavy atom. The molecule has 0 saturated heterocycles. The Hall–Kier alpha value is -2.45. The first-order chi connectivity index (χ1) is 13.8. The fraction of sp³-hybridized carbons (Fsp3) is 0.429. The van der Waals surface area contributed by atoms with Crippen molar-refractivity contribution in [3.63, 3.8) is 0 Å². The van der Waals surface area contributed by atoms with E-state index in [1.807, 2.05) is 39.0 Å². The van der Waals surface area contributed by atoms with Gasteiger partial charge in [0, 0.05) is 32.4 Å². The van der Waals surface area contributed by atoms with Crippen molar-refractivity contribution in [3.8, 4) is 0 Å². The van der Waals surface area contributed by atoms with Crippen LogP contribution in [0.2, 0.25) is 0 Å². The molecule has 2 rings (SSSR count). The van der Waals surface area contributed by atoms with E-state index in [4.69, 9.17) is 4.74 Å². The van der Waals surface area contributed by atoms with E-state index < -0.39 is 21.9 Å². The predicted molar refractivity (Wildman–Crippen MR) is 114 cm³/mol. The molecule has 2 aromatic rings. The molecule has 0 saturated carbocycles. The van der Waals surface area contributed by atoms with Crippen LogP contribution in [0, 0.1) is 6.92 Å². The summed E-state index contributed by atoms with van der Waals surface area (Å²) in [6.07, 6.45) is 0.331. The van der Waals surface area contributed by atoms with Gasteiger partial charge in [-0.3, -0.25) is 9.59 Å². The van der Waals surface area contributed by atoms with Crippen molar-refractivity contribution in [2.24, 2.45) is 0 Å². The molecule has 0 aromatic heterocycles. The van der Waals surface area contributed by atoms with E-state index in [1.54, 1.807) is 18.2 Å². The molecule has 0 fully saturated rings. The molecule has 7 nitrogen and oxygen atoms in total. The van der Waals surface area contributed by atoms with Gasteiger partial charge in [-0.2, -0.15) is 0 Å². The zero-order valence-electron chi connectivity index (χ0n) is 17.7. The van der Waals surface area contributed by atoms with Crippen LogP contribution < -0.4 is 5.32 Å². The van der Waals surface area contributed by atoms with Crippen molar-refractivity contribution in [2.45, 2.75) is 38.5 Å². The van der Waals surface area contributed by atoms with Gasteiger partial charge >= 0.3 is 5.97 Å². The lowest BCUT2D eigenvalue weighted by molar-refractivity contribution is -0.148. The number of benzene rings is 2. The number of esters is 1. The van der Waals surface area contributed by atoms with Gasteiger partial charge < -0.3 is 10.1 Å². The molecule has 2 aromatic carbocycles. The van der Waals surface area contributed by atoms with Crippen LogP contribution >= 0.6 is 0 Å². The summed E-state index contributed by atoms with van der Waals surface area (Å²) in [7, 11) is -0.758. The Balaban J connectivity index is 0.00000204. The fourth-order valence-corrected chi connectivity index (χ4v) is 4.10. The molecule has 8 heteroatoms. The standard InChI is InChI=1S/C19H24N2O5S.C2H6/c1-14-7-4-9-16-15(14)8-5-10-17(16)27(24,25)21(3)12-6-11-19(23)26-13-18(22)20-2;1-2/h4-5,7-10H,6,11-13H2,1-3H3,(H,20,22);1-2H3. The predicted octanol–water partition coefficient (Wildman–Crippen LogP) is 2.86. The van der Waals surface area contributed by atoms with Crippen molar-refractivity contribution in [3.05, 3.63) is 42.0 Å². The Kier molecular flexibility index (Phi) is 9.77. The molecule has 0 heterocycles. The summed E-state index contributed by atoms with van der Waals surface area (Å²) in [5.74, 6) is -0.931. The number of aryl methyl sites for hydroxylation is 1. The third kappa shape index (κ3) is 6.54. The third-order valence-corrected chi connectivity index (χ3v) is 6.20. The summed E-state index contributed by atoms with van der Waals surface area (Å²) in [5, 5.41) is 3.92. The van der Waals surface area contributed by atoms with Gasteiger partial charge in [0.15, 0.2) is 6.61 Å². The van der Waals surface area contributed by atoms with Gasteiger partial charge in [0.05, 0.1) is 4.90 Å². The Bertz CT molecular complexity index is 941. The van der Waals surface area contributed by atoms with Gasteiger partial charge in [-0.15, -0.1) is 0 Å². The first-order valence-electron chi connectivity index (χ1n) is 9.58. The highest BCUT2D eigenvalue weighted by atomic mass is 32.2. The third-order valence-electron chi connectivity index (χ3n) is 4.29. The molecule has 0 radical (unpaired) electrons. The minimum Gasteiger partial charge on any atom is -0.456 e. The minimum atomic E-state index is -3.69. The zero-order valence-corrected chi connectivity index (χ0v) is 18.5. The summed E-state index contributed by atoms with van der Waals surface area (Å²) < 4.78 is 31.9. The van der Waals surface area contributed by atoms with Crippen LogP contribution in [0.1, 0.15) is 32.3 Å². The molecule has 1 N–H and O–H groups in total. The van der Waals surface area contributed by atoms with Gasteiger partial charge in [-0.1, -0.05) is 44.2 Å². The number of rotatable bonds is 8. The largest absolute Gasteiger partial charge is 0.456 e. The van der Waals surface area contributed by atoms with Crippen LogP contribution in [0.25, 0.3) is 10.8 Å². The molecule has 0 bridgehead atoms. The summed E-state index contributed by atoms with van der Waals surface area (Å²) >= 11 is 0. The summed E-state index contributed by atoms with van der Waals surface area (Å²) in [4.78, 5) is 22.9. The minimum absolute atomic E-state index is 0.0332. The number of fused-ring (bicyclic) bond motifs is 1. The van der Waals surface area contributed by atoms with E-state index in [2.05, 4.69) is 5.32 Å². The second-order valence-electron chi connectivity index (χ2n) is 6.19. The van der Waals surface area contributed by atoms with Gasteiger partial charge in [0.25, 0.3) is 5.91 Å². The van der Waals surface area contributed by atoms with E-state index in [9.17, 15) is 18.0 Å². The highest BCUT2D eigenvalue weighted by molar-refractivity contribution is 7.89. The molecule has 160 valence electrons. The maximum Gasteiger partial charge on any atom is 0.306 e. The van der Waals surface area contributed by atoms with Crippen molar-refractivity contribution >= 4 is 32.7 Å². The maximum atomic E-state index is 12.9. The van der Waals surface area contributed by atoms with Crippen LogP contribution in [0.3, 0.4) is 0 Å². The topological polar surface area (TPSA) is 92.8 Å². The molecule has 1 amide bonds. The number of hydrogen-bond acceptors (Lipinski definition) is 5. The summed E-state index contributed by atoms with van der Waals surface area (Å²) in [5.41, 5.74) is 1.01. The van der Waals surface area contributed by atoms with E-state index in [1.165, 1.54) is 18.4 Å². The second-order valence-corrected chi connectivity index (χ2v) is 8.20. The molecular formula is C21H30N2O5S. The van der Waals surface area contributed by atoms with Crippen LogP contribution in [-0.2, 0) is 24.3 Å². The number of likely N-dealkylation sites (N-methyl/N-ethyl adjacent to an activating group) is 1. The number of carbonyl (C=O) groups excluding carboxylic acids is 2. The SMILES string of the molecule is CC.CNC(=O)COC(=O)CCCN(C)S(=O)(=O)c1cccc2c(C)cccc12. The van der Waals surface area contributed by atoms with Crippen molar-refractivity contribution in [2.75, 3.05) is 27.2 Å². The summed E-state index contributed by atoms with van der Waals surface area (Å²) in [6, 6.07) is 10.8. The average Bonchev–Trinajstić information content (AvgIpc) is 2.73. The van der Waals surface area contributed by atoms with Gasteiger partial charge in [0.2, 0.25) is 10.0 Å². The first-order valence-corrected chi connectivity index (χ1v) is 11.0. The first kappa shape index (κ1) is 24.6. The Labute approximate surface area is 173 Å². The van der Waals surface area contributed by atoms with Gasteiger partial charge in [0.1, 0.15) is 0 Å². The number of amides is 1. The second kappa shape index (κ2) is 11.5. The van der Waals surface area contributed by atoms with E-state index in [0.717, 1.165) is 10.9 Å². The molecule has 0 unspecified atom stereocenters. The van der Waals surface area contributed by atoms with Crippen molar-refractivity contribution in [1.82, 2.24) is 9.62 Å². The smallest absolute Gasteiger partial charge is 0.306 e. The molecule has 0 atom stereocenters. The monoisotopic (exact) mass is 422 g/mol. The Morgan fingerprint density at radius 3 is 2.34 bits per heavy atom. The zero-order chi connectivity index (χ0) is 22.0. The molecule has 0 aliphatic carbocycles. The lowest BCUT2D eigenvalue weighted by atomic mass is 10.1. The molecule has 29 heavy (non-hydrogen) atoms. The average molecular weight is 423 g/mol. The molecular weight excluding hydrogens is 392 g/mol. The van der Waals surface area contributed by atoms with E-state index >= 15 is 0 Å². The van der Waals surface area contributed by atoms with Crippen molar-refractivity contribution < 1.29 is 22.7 Å². The van der Waals surface area contributed by atoms with Crippen LogP contribution in [0.4, 0.5) is 0 Å². The van der Waals surface area contributed by atoms with Crippen LogP contribution in [0.15, 0.2) is 41.3 Å². The van der Waals surface area contributed by atoms with Crippen molar-refractivity contribution in [1.29, 1.82) is 0 Å². The van der Waals surface area contributed by atoms with Gasteiger partial charge in [-0.05, 0) is 30.4 Å². The number of nitrogens with zero attached hydrogens (tertiary/aromatic N) is 1. The summed E-state index contributed by atoms with van der Waals surface area (Å²) in [6.45, 7) is 5.77. The van der Waals surface area contributed by atoms with E-state index in [0.29, 0.717) is 11.8 Å². The number of sulfonamides is 1. The maximum absolute atomic E-state index is 12.9. The highest BCUT2D eigenvalue weighted by Crippen LogP contribution is 2.27. The molecule has 0 aliphatic heterocycles. The number of nitrogens with one attached hydrogen (secondary N) is 1. The molecule has 0 spiro atoms. The quantitative estimate of drug-likeness (QED) is 0.661. The molecule has 0 aliphatic rings. The Morgan fingerprint density at radius 1 is 1.07 bits per heavy atom.